The van der Waals surface area contributed by atoms with Crippen LogP contribution in [0.3, 0.4) is 0 Å². The first-order valence-electron chi connectivity index (χ1n) is 9.55. The zero-order valence-electron chi connectivity index (χ0n) is 17.1. The van der Waals surface area contributed by atoms with E-state index >= 15 is 0 Å². The third-order valence-corrected chi connectivity index (χ3v) is 4.76. The molecular weight excluding hydrogens is 380 g/mol. The van der Waals surface area contributed by atoms with Crippen LogP contribution in [0.15, 0.2) is 65.3 Å². The molecule has 0 radical (unpaired) electrons. The van der Waals surface area contributed by atoms with Crippen molar-refractivity contribution in [2.45, 2.75) is 20.5 Å². The second-order valence-electron chi connectivity index (χ2n) is 6.75. The summed E-state index contributed by atoms with van der Waals surface area (Å²) in [5.74, 6) is 0.114. The third kappa shape index (κ3) is 4.26. The van der Waals surface area contributed by atoms with E-state index in [0.717, 1.165) is 10.5 Å². The molecule has 0 unspecified atom stereocenters. The first kappa shape index (κ1) is 20.9. The van der Waals surface area contributed by atoms with E-state index in [0.29, 0.717) is 41.4 Å². The van der Waals surface area contributed by atoms with E-state index in [9.17, 15) is 14.9 Å². The van der Waals surface area contributed by atoms with Crippen LogP contribution in [0, 0.1) is 11.3 Å². The zero-order chi connectivity index (χ0) is 21.7. The van der Waals surface area contributed by atoms with Crippen LogP contribution in [0.5, 0.6) is 11.5 Å². The molecule has 2 aromatic rings. The molecule has 2 aromatic carbocycles. The Kier molecular flexibility index (Phi) is 6.33. The maximum absolute atomic E-state index is 12.6. The fraction of sp³-hybridized carbons (Fsp3) is 0.208. The van der Waals surface area contributed by atoms with Gasteiger partial charge < -0.3 is 9.47 Å². The lowest BCUT2D eigenvalue weighted by atomic mass is 9.94. The first-order valence-corrected chi connectivity index (χ1v) is 9.55. The maximum Gasteiger partial charge on any atom is 0.271 e. The monoisotopic (exact) mass is 402 g/mol. The molecule has 30 heavy (non-hydrogen) atoms. The molecule has 0 aliphatic carbocycles. The molecule has 0 spiro atoms. The van der Waals surface area contributed by atoms with Gasteiger partial charge in [0.1, 0.15) is 18.2 Å². The second-order valence-corrected chi connectivity index (χ2v) is 6.75. The SMILES string of the molecule is CCOc1cc(/C=C2/C(=O)N(C)C(=O)C(C#N)=C2C)ccc1OCc1ccccc1. The quantitative estimate of drug-likeness (QED) is 0.541. The smallest absolute Gasteiger partial charge is 0.271 e. The van der Waals surface area contributed by atoms with Crippen molar-refractivity contribution in [1.29, 1.82) is 5.26 Å². The van der Waals surface area contributed by atoms with Crippen molar-refractivity contribution < 1.29 is 19.1 Å². The van der Waals surface area contributed by atoms with E-state index in [-0.39, 0.29) is 5.57 Å². The molecule has 0 N–H and O–H groups in total. The largest absolute Gasteiger partial charge is 0.490 e. The molecule has 6 heteroatoms. The minimum atomic E-state index is -0.586. The van der Waals surface area contributed by atoms with Crippen LogP contribution in [0.4, 0.5) is 0 Å². The Morgan fingerprint density at radius 2 is 1.77 bits per heavy atom. The van der Waals surface area contributed by atoms with Crippen molar-refractivity contribution in [3.8, 4) is 17.6 Å². The third-order valence-electron chi connectivity index (χ3n) is 4.76. The summed E-state index contributed by atoms with van der Waals surface area (Å²) in [4.78, 5) is 25.7. The fourth-order valence-corrected chi connectivity index (χ4v) is 3.10. The van der Waals surface area contributed by atoms with Crippen LogP contribution >= 0.6 is 0 Å². The number of hydrogen-bond acceptors (Lipinski definition) is 5. The Morgan fingerprint density at radius 3 is 2.43 bits per heavy atom. The summed E-state index contributed by atoms with van der Waals surface area (Å²) in [7, 11) is 1.37. The van der Waals surface area contributed by atoms with Crippen molar-refractivity contribution in [2.24, 2.45) is 0 Å². The molecule has 6 nitrogen and oxygen atoms in total. The predicted molar refractivity (Wildman–Crippen MR) is 112 cm³/mol. The molecule has 1 aliphatic rings. The molecule has 3 rings (SSSR count). The van der Waals surface area contributed by atoms with Gasteiger partial charge in [-0.25, -0.2) is 0 Å². The summed E-state index contributed by atoms with van der Waals surface area (Å²) < 4.78 is 11.6. The number of hydrogen-bond donors (Lipinski definition) is 0. The number of nitriles is 1. The topological polar surface area (TPSA) is 79.6 Å². The van der Waals surface area contributed by atoms with E-state index in [4.69, 9.17) is 9.47 Å². The molecule has 0 fully saturated rings. The minimum Gasteiger partial charge on any atom is -0.490 e. The molecule has 152 valence electrons. The Morgan fingerprint density at radius 1 is 1.03 bits per heavy atom. The van der Waals surface area contributed by atoms with Gasteiger partial charge in [0.2, 0.25) is 0 Å². The van der Waals surface area contributed by atoms with Gasteiger partial charge in [-0.05, 0) is 48.8 Å². The van der Waals surface area contributed by atoms with Gasteiger partial charge in [-0.1, -0.05) is 36.4 Å². The number of carbonyl (C=O) groups excluding carboxylic acids is 2. The highest BCUT2D eigenvalue weighted by Gasteiger charge is 2.32. The van der Waals surface area contributed by atoms with Crippen molar-refractivity contribution in [3.05, 3.63) is 76.4 Å². The molecule has 0 atom stereocenters. The lowest BCUT2D eigenvalue weighted by molar-refractivity contribution is -0.138. The van der Waals surface area contributed by atoms with Crippen LogP contribution in [0.25, 0.3) is 6.08 Å². The van der Waals surface area contributed by atoms with Gasteiger partial charge in [0.05, 0.1) is 6.61 Å². The van der Waals surface area contributed by atoms with E-state index in [1.54, 1.807) is 31.2 Å². The van der Waals surface area contributed by atoms with Crippen LogP contribution in [-0.2, 0) is 16.2 Å². The van der Waals surface area contributed by atoms with Crippen LogP contribution in [-0.4, -0.2) is 30.4 Å². The van der Waals surface area contributed by atoms with E-state index in [1.165, 1.54) is 7.05 Å². The lowest BCUT2D eigenvalue weighted by Crippen LogP contribution is -2.39. The molecule has 0 aromatic heterocycles. The van der Waals surface area contributed by atoms with Crippen LogP contribution in [0.2, 0.25) is 0 Å². The number of imide groups is 1. The Labute approximate surface area is 175 Å². The van der Waals surface area contributed by atoms with Crippen molar-refractivity contribution >= 4 is 17.9 Å². The Bertz CT molecular complexity index is 1080. The van der Waals surface area contributed by atoms with Gasteiger partial charge in [0.15, 0.2) is 11.5 Å². The van der Waals surface area contributed by atoms with Gasteiger partial charge in [-0.3, -0.25) is 14.5 Å². The summed E-state index contributed by atoms with van der Waals surface area (Å²) in [5, 5.41) is 9.29. The fourth-order valence-electron chi connectivity index (χ4n) is 3.10. The molecule has 1 aliphatic heterocycles. The van der Waals surface area contributed by atoms with Crippen molar-refractivity contribution in [3.63, 3.8) is 0 Å². The molecular formula is C24H22N2O4. The summed E-state index contributed by atoms with van der Waals surface area (Å²) in [6, 6.07) is 17.1. The Balaban J connectivity index is 1.94. The average Bonchev–Trinajstić information content (AvgIpc) is 2.76. The number of likely N-dealkylation sites (N-methyl/N-ethyl adjacent to an activating group) is 1. The molecule has 0 saturated heterocycles. The van der Waals surface area contributed by atoms with Gasteiger partial charge >= 0.3 is 0 Å². The highest BCUT2D eigenvalue weighted by Crippen LogP contribution is 2.32. The number of benzene rings is 2. The summed E-state index contributed by atoms with van der Waals surface area (Å²) in [6.07, 6.45) is 1.65. The summed E-state index contributed by atoms with van der Waals surface area (Å²) in [6.45, 7) is 4.34. The highest BCUT2D eigenvalue weighted by molar-refractivity contribution is 6.19. The van der Waals surface area contributed by atoms with Crippen molar-refractivity contribution in [1.82, 2.24) is 4.90 Å². The molecule has 2 amide bonds. The second kappa shape index (κ2) is 9.10. The standard InChI is InChI=1S/C24H22N2O4/c1-4-29-22-13-18(10-11-21(22)30-15-17-8-6-5-7-9-17)12-19-16(2)20(14-25)24(28)26(3)23(19)27/h5-13H,4,15H2,1-3H3/b19-12+. The molecule has 0 saturated carbocycles. The number of rotatable bonds is 6. The van der Waals surface area contributed by atoms with Gasteiger partial charge in [0.25, 0.3) is 11.8 Å². The Hall–Kier alpha value is -3.85. The van der Waals surface area contributed by atoms with Crippen LogP contribution in [0.1, 0.15) is 25.0 Å². The minimum absolute atomic E-state index is 0.0313. The summed E-state index contributed by atoms with van der Waals surface area (Å²) in [5.41, 5.74) is 2.38. The van der Waals surface area contributed by atoms with Gasteiger partial charge in [-0.2, -0.15) is 5.26 Å². The van der Waals surface area contributed by atoms with E-state index < -0.39 is 11.8 Å². The van der Waals surface area contributed by atoms with Gasteiger partial charge in [-0.15, -0.1) is 0 Å². The number of carbonyl (C=O) groups is 2. The van der Waals surface area contributed by atoms with Crippen molar-refractivity contribution in [2.75, 3.05) is 13.7 Å². The zero-order valence-corrected chi connectivity index (χ0v) is 17.1. The van der Waals surface area contributed by atoms with E-state index in [1.807, 2.05) is 43.3 Å². The lowest BCUT2D eigenvalue weighted by Gasteiger charge is -2.23. The highest BCUT2D eigenvalue weighted by atomic mass is 16.5. The number of amides is 2. The van der Waals surface area contributed by atoms with Crippen LogP contribution < -0.4 is 9.47 Å². The normalized spacial score (nSPS) is 15.4. The average molecular weight is 402 g/mol. The van der Waals surface area contributed by atoms with Gasteiger partial charge in [0, 0.05) is 12.6 Å². The first-order chi connectivity index (χ1) is 14.5. The predicted octanol–water partition coefficient (Wildman–Crippen LogP) is 3.89. The number of nitrogens with zero attached hydrogens (tertiary/aromatic N) is 2. The molecule has 1 heterocycles. The maximum atomic E-state index is 12.6. The number of ether oxygens (including phenoxy) is 2. The van der Waals surface area contributed by atoms with E-state index in [2.05, 4.69) is 0 Å². The summed E-state index contributed by atoms with van der Waals surface area (Å²) >= 11 is 0. The molecule has 0 bridgehead atoms.